The highest BCUT2D eigenvalue weighted by atomic mass is 16.5. The molecule has 2 aromatic carbocycles. The number of amides is 1. The van der Waals surface area contributed by atoms with Gasteiger partial charge in [0.2, 0.25) is 5.91 Å². The molecule has 126 valence electrons. The number of carbonyl (C=O) groups excluding carboxylic acids is 1. The number of benzene rings is 2. The molecule has 2 rings (SSSR count). The molecule has 0 fully saturated rings. The number of primary amides is 1. The number of guanidine groups is 1. The Bertz CT molecular complexity index is 711. The SMILES string of the molecule is CN=C(NCc1ccc(OC)cc1)NCc1cccc(C(N)=O)c1. The largest absolute Gasteiger partial charge is 0.497 e. The van der Waals surface area contributed by atoms with Crippen LogP contribution in [-0.2, 0) is 13.1 Å². The third-order valence-electron chi connectivity index (χ3n) is 3.51. The maximum atomic E-state index is 11.2. The van der Waals surface area contributed by atoms with E-state index in [-0.39, 0.29) is 0 Å². The van der Waals surface area contributed by atoms with Crippen LogP contribution in [0, 0.1) is 0 Å². The Hall–Kier alpha value is -3.02. The summed E-state index contributed by atoms with van der Waals surface area (Å²) in [6.45, 7) is 1.19. The first kappa shape index (κ1) is 17.3. The van der Waals surface area contributed by atoms with Gasteiger partial charge in [-0.25, -0.2) is 0 Å². The standard InChI is InChI=1S/C18H22N4O2/c1-20-18(21-11-13-6-8-16(24-2)9-7-13)22-12-14-4-3-5-15(10-14)17(19)23/h3-10H,11-12H2,1-2H3,(H2,19,23)(H2,20,21,22). The Balaban J connectivity index is 1.88. The molecule has 0 saturated heterocycles. The number of nitrogens with two attached hydrogens (primary N) is 1. The van der Waals surface area contributed by atoms with Crippen molar-refractivity contribution in [2.75, 3.05) is 14.2 Å². The van der Waals surface area contributed by atoms with E-state index in [0.717, 1.165) is 16.9 Å². The minimum Gasteiger partial charge on any atom is -0.497 e. The molecular weight excluding hydrogens is 304 g/mol. The minimum absolute atomic E-state index is 0.432. The van der Waals surface area contributed by atoms with Crippen LogP contribution in [0.4, 0.5) is 0 Å². The summed E-state index contributed by atoms with van der Waals surface area (Å²) in [5.41, 5.74) is 7.87. The molecule has 0 atom stereocenters. The number of ether oxygens (including phenoxy) is 1. The van der Waals surface area contributed by atoms with E-state index in [4.69, 9.17) is 10.5 Å². The summed E-state index contributed by atoms with van der Waals surface area (Å²) >= 11 is 0. The van der Waals surface area contributed by atoms with Crippen molar-refractivity contribution in [3.63, 3.8) is 0 Å². The molecule has 1 amide bonds. The molecule has 24 heavy (non-hydrogen) atoms. The molecular formula is C18H22N4O2. The van der Waals surface area contributed by atoms with Gasteiger partial charge in [0, 0.05) is 25.7 Å². The van der Waals surface area contributed by atoms with Crippen LogP contribution < -0.4 is 21.1 Å². The zero-order chi connectivity index (χ0) is 17.4. The molecule has 0 unspecified atom stereocenters. The number of carbonyl (C=O) groups is 1. The normalized spacial score (nSPS) is 11.0. The molecule has 0 aromatic heterocycles. The van der Waals surface area contributed by atoms with E-state index < -0.39 is 5.91 Å². The van der Waals surface area contributed by atoms with Gasteiger partial charge >= 0.3 is 0 Å². The van der Waals surface area contributed by atoms with Crippen molar-refractivity contribution < 1.29 is 9.53 Å². The molecule has 2 aromatic rings. The Labute approximate surface area is 141 Å². The van der Waals surface area contributed by atoms with Gasteiger partial charge in [-0.1, -0.05) is 24.3 Å². The third kappa shape index (κ3) is 5.01. The van der Waals surface area contributed by atoms with Gasteiger partial charge in [-0.05, 0) is 35.4 Å². The number of rotatable bonds is 6. The maximum Gasteiger partial charge on any atom is 0.248 e. The molecule has 0 spiro atoms. The highest BCUT2D eigenvalue weighted by molar-refractivity contribution is 5.92. The number of hydrogen-bond acceptors (Lipinski definition) is 3. The van der Waals surface area contributed by atoms with Crippen LogP contribution in [0.15, 0.2) is 53.5 Å². The van der Waals surface area contributed by atoms with Gasteiger partial charge in [0.1, 0.15) is 5.75 Å². The number of hydrogen-bond donors (Lipinski definition) is 3. The number of nitrogens with one attached hydrogen (secondary N) is 2. The fourth-order valence-corrected chi connectivity index (χ4v) is 2.17. The van der Waals surface area contributed by atoms with Gasteiger partial charge in [-0.15, -0.1) is 0 Å². The highest BCUT2D eigenvalue weighted by Gasteiger charge is 2.03. The Kier molecular flexibility index (Phi) is 6.19. The summed E-state index contributed by atoms with van der Waals surface area (Å²) in [4.78, 5) is 15.4. The van der Waals surface area contributed by atoms with E-state index >= 15 is 0 Å². The van der Waals surface area contributed by atoms with Crippen molar-refractivity contribution in [3.8, 4) is 5.75 Å². The summed E-state index contributed by atoms with van der Waals surface area (Å²) in [6, 6.07) is 15.0. The van der Waals surface area contributed by atoms with Gasteiger partial charge in [-0.2, -0.15) is 0 Å². The van der Waals surface area contributed by atoms with E-state index in [2.05, 4.69) is 15.6 Å². The Morgan fingerprint density at radius 1 is 1.08 bits per heavy atom. The molecule has 0 saturated carbocycles. The molecule has 0 aliphatic rings. The lowest BCUT2D eigenvalue weighted by molar-refractivity contribution is 0.1000. The number of nitrogens with zero attached hydrogens (tertiary/aromatic N) is 1. The summed E-state index contributed by atoms with van der Waals surface area (Å²) in [5, 5.41) is 6.44. The lowest BCUT2D eigenvalue weighted by atomic mass is 10.1. The summed E-state index contributed by atoms with van der Waals surface area (Å²) in [7, 11) is 3.36. The smallest absolute Gasteiger partial charge is 0.248 e. The van der Waals surface area contributed by atoms with Crippen LogP contribution in [0.3, 0.4) is 0 Å². The molecule has 0 bridgehead atoms. The van der Waals surface area contributed by atoms with E-state index in [1.165, 1.54) is 0 Å². The molecule has 6 heteroatoms. The van der Waals surface area contributed by atoms with Crippen molar-refractivity contribution >= 4 is 11.9 Å². The summed E-state index contributed by atoms with van der Waals surface area (Å²) in [6.07, 6.45) is 0. The van der Waals surface area contributed by atoms with Gasteiger partial charge in [0.15, 0.2) is 5.96 Å². The molecule has 4 N–H and O–H groups in total. The first-order valence-corrected chi connectivity index (χ1v) is 7.58. The summed E-state index contributed by atoms with van der Waals surface area (Å²) < 4.78 is 5.14. The van der Waals surface area contributed by atoms with Gasteiger partial charge < -0.3 is 21.1 Å². The number of aliphatic imine (C=N–C) groups is 1. The van der Waals surface area contributed by atoms with Crippen molar-refractivity contribution in [3.05, 3.63) is 65.2 Å². The number of methoxy groups -OCH3 is 1. The van der Waals surface area contributed by atoms with Gasteiger partial charge in [0.25, 0.3) is 0 Å². The topological polar surface area (TPSA) is 88.7 Å². The van der Waals surface area contributed by atoms with Crippen LogP contribution in [0.1, 0.15) is 21.5 Å². The maximum absolute atomic E-state index is 11.2. The second kappa shape index (κ2) is 8.57. The van der Waals surface area contributed by atoms with Gasteiger partial charge in [0.05, 0.1) is 7.11 Å². The fourth-order valence-electron chi connectivity index (χ4n) is 2.17. The zero-order valence-electron chi connectivity index (χ0n) is 13.9. The first-order chi connectivity index (χ1) is 11.6. The van der Waals surface area contributed by atoms with E-state index in [1.54, 1.807) is 26.3 Å². The highest BCUT2D eigenvalue weighted by Crippen LogP contribution is 2.11. The van der Waals surface area contributed by atoms with Crippen molar-refractivity contribution in [1.29, 1.82) is 0 Å². The van der Waals surface area contributed by atoms with Crippen LogP contribution in [-0.4, -0.2) is 26.0 Å². The van der Waals surface area contributed by atoms with E-state index in [1.807, 2.05) is 36.4 Å². The van der Waals surface area contributed by atoms with Crippen molar-refractivity contribution in [2.45, 2.75) is 13.1 Å². The Morgan fingerprint density at radius 2 is 1.75 bits per heavy atom. The average molecular weight is 326 g/mol. The molecule has 0 aliphatic heterocycles. The molecule has 0 heterocycles. The van der Waals surface area contributed by atoms with Crippen LogP contribution in [0.25, 0.3) is 0 Å². The second-order valence-corrected chi connectivity index (χ2v) is 5.19. The molecule has 0 radical (unpaired) electrons. The second-order valence-electron chi connectivity index (χ2n) is 5.19. The minimum atomic E-state index is -0.432. The molecule has 0 aliphatic carbocycles. The van der Waals surface area contributed by atoms with Crippen LogP contribution in [0.5, 0.6) is 5.75 Å². The van der Waals surface area contributed by atoms with Gasteiger partial charge in [-0.3, -0.25) is 9.79 Å². The Morgan fingerprint density at radius 3 is 2.33 bits per heavy atom. The van der Waals surface area contributed by atoms with Crippen LogP contribution >= 0.6 is 0 Å². The van der Waals surface area contributed by atoms with Crippen LogP contribution in [0.2, 0.25) is 0 Å². The lowest BCUT2D eigenvalue weighted by Gasteiger charge is -2.12. The quantitative estimate of drug-likeness (QED) is 0.556. The zero-order valence-corrected chi connectivity index (χ0v) is 13.9. The monoisotopic (exact) mass is 326 g/mol. The van der Waals surface area contributed by atoms with E-state index in [9.17, 15) is 4.79 Å². The fraction of sp³-hybridized carbons (Fsp3) is 0.222. The first-order valence-electron chi connectivity index (χ1n) is 7.58. The average Bonchev–Trinajstić information content (AvgIpc) is 2.62. The predicted octanol–water partition coefficient (Wildman–Crippen LogP) is 1.66. The van der Waals surface area contributed by atoms with Crippen molar-refractivity contribution in [2.24, 2.45) is 10.7 Å². The molecule has 6 nitrogen and oxygen atoms in total. The van der Waals surface area contributed by atoms with Crippen molar-refractivity contribution in [1.82, 2.24) is 10.6 Å². The van der Waals surface area contributed by atoms with E-state index in [0.29, 0.717) is 24.6 Å². The lowest BCUT2D eigenvalue weighted by Crippen LogP contribution is -2.36. The third-order valence-corrected chi connectivity index (χ3v) is 3.51. The predicted molar refractivity (Wildman–Crippen MR) is 95.0 cm³/mol. The summed E-state index contributed by atoms with van der Waals surface area (Å²) in [5.74, 6) is 1.07.